The Morgan fingerprint density at radius 1 is 1.18 bits per heavy atom. The molecule has 0 radical (unpaired) electrons. The Kier molecular flexibility index (Phi) is 9.77. The van der Waals surface area contributed by atoms with Gasteiger partial charge in [-0.15, -0.1) is 0 Å². The van der Waals surface area contributed by atoms with Crippen molar-refractivity contribution in [1.82, 2.24) is 4.90 Å². The molecule has 2 atom stereocenters. The van der Waals surface area contributed by atoms with Crippen molar-refractivity contribution in [2.45, 2.75) is 63.8 Å². The fourth-order valence-corrected chi connectivity index (χ4v) is 3.79. The van der Waals surface area contributed by atoms with Crippen molar-refractivity contribution in [2.75, 3.05) is 13.2 Å². The molecule has 0 aliphatic carbocycles. The highest BCUT2D eigenvalue weighted by atomic mass is 16.4. The van der Waals surface area contributed by atoms with Gasteiger partial charge in [-0.3, -0.25) is 9.59 Å². The second kappa shape index (κ2) is 12.3. The minimum Gasteiger partial charge on any atom is -0.481 e. The van der Waals surface area contributed by atoms with E-state index in [9.17, 15) is 14.7 Å². The summed E-state index contributed by atoms with van der Waals surface area (Å²) < 4.78 is 0. The Hall–Kier alpha value is -2.14. The summed E-state index contributed by atoms with van der Waals surface area (Å²) >= 11 is 0. The lowest BCUT2D eigenvalue weighted by atomic mass is 9.95. The van der Waals surface area contributed by atoms with Gasteiger partial charge in [-0.25, -0.2) is 0 Å². The van der Waals surface area contributed by atoms with E-state index in [-0.39, 0.29) is 30.9 Å². The third-order valence-corrected chi connectivity index (χ3v) is 5.36. The minimum atomic E-state index is -0.743. The first-order valence-electron chi connectivity index (χ1n) is 10.4. The lowest BCUT2D eigenvalue weighted by Crippen LogP contribution is -2.32. The molecule has 2 rings (SSSR count). The van der Waals surface area contributed by atoms with E-state index in [1.807, 2.05) is 23.1 Å². The minimum absolute atomic E-state index is 0.142. The summed E-state index contributed by atoms with van der Waals surface area (Å²) in [4.78, 5) is 24.7. The number of carboxylic acid groups (broad SMARTS) is 1. The van der Waals surface area contributed by atoms with Crippen LogP contribution in [0.1, 0.15) is 56.9 Å². The molecule has 1 heterocycles. The van der Waals surface area contributed by atoms with Gasteiger partial charge < -0.3 is 15.1 Å². The van der Waals surface area contributed by atoms with Crippen LogP contribution in [-0.4, -0.2) is 46.2 Å². The van der Waals surface area contributed by atoms with Crippen LogP contribution in [0, 0.1) is 5.92 Å². The summed E-state index contributed by atoms with van der Waals surface area (Å²) in [5, 5.41) is 18.1. The lowest BCUT2D eigenvalue weighted by Gasteiger charge is -2.23. The van der Waals surface area contributed by atoms with E-state index in [0.29, 0.717) is 12.8 Å². The predicted octanol–water partition coefficient (Wildman–Crippen LogP) is 3.81. The fraction of sp³-hybridized carbons (Fsp3) is 0.565. The smallest absolute Gasteiger partial charge is 0.303 e. The lowest BCUT2D eigenvalue weighted by molar-refractivity contribution is -0.137. The molecule has 0 aromatic heterocycles. The van der Waals surface area contributed by atoms with Crippen molar-refractivity contribution in [3.63, 3.8) is 0 Å². The number of unbranched alkanes of at least 4 members (excludes halogenated alkanes) is 3. The van der Waals surface area contributed by atoms with Gasteiger partial charge in [0, 0.05) is 26.0 Å². The molecular formula is C23H33NO4. The van der Waals surface area contributed by atoms with Gasteiger partial charge in [0.2, 0.25) is 5.91 Å². The molecule has 1 aromatic rings. The van der Waals surface area contributed by atoms with E-state index in [2.05, 4.69) is 24.3 Å². The van der Waals surface area contributed by atoms with Crippen LogP contribution in [0.15, 0.2) is 42.5 Å². The van der Waals surface area contributed by atoms with Crippen molar-refractivity contribution in [3.8, 4) is 0 Å². The molecule has 0 bridgehead atoms. The molecule has 1 aromatic carbocycles. The van der Waals surface area contributed by atoms with Gasteiger partial charge in [0.15, 0.2) is 0 Å². The van der Waals surface area contributed by atoms with Gasteiger partial charge in [0.25, 0.3) is 0 Å². The van der Waals surface area contributed by atoms with E-state index < -0.39 is 5.97 Å². The maximum Gasteiger partial charge on any atom is 0.303 e. The summed E-state index contributed by atoms with van der Waals surface area (Å²) in [7, 11) is 0. The number of hydrogen-bond donors (Lipinski definition) is 2. The highest BCUT2D eigenvalue weighted by Crippen LogP contribution is 2.23. The first kappa shape index (κ1) is 22.2. The summed E-state index contributed by atoms with van der Waals surface area (Å²) in [5.41, 5.74) is 1.26. The number of likely N-dealkylation sites (tertiary alicyclic amines) is 1. The normalized spacial score (nSPS) is 18.1. The largest absolute Gasteiger partial charge is 0.481 e. The molecule has 5 nitrogen and oxygen atoms in total. The number of hydrogen-bond acceptors (Lipinski definition) is 3. The highest BCUT2D eigenvalue weighted by molar-refractivity contribution is 5.79. The topological polar surface area (TPSA) is 77.8 Å². The maximum absolute atomic E-state index is 12.2. The van der Waals surface area contributed by atoms with Crippen molar-refractivity contribution in [3.05, 3.63) is 48.0 Å². The summed E-state index contributed by atoms with van der Waals surface area (Å²) in [6.07, 6.45) is 11.1. The molecule has 5 heteroatoms. The van der Waals surface area contributed by atoms with Gasteiger partial charge >= 0.3 is 5.97 Å². The van der Waals surface area contributed by atoms with Crippen molar-refractivity contribution < 1.29 is 19.8 Å². The van der Waals surface area contributed by atoms with Gasteiger partial charge in [-0.2, -0.15) is 0 Å². The van der Waals surface area contributed by atoms with E-state index in [1.54, 1.807) is 0 Å². The van der Waals surface area contributed by atoms with E-state index in [0.717, 1.165) is 45.1 Å². The second-order valence-corrected chi connectivity index (χ2v) is 7.60. The summed E-state index contributed by atoms with van der Waals surface area (Å²) in [6, 6.07) is 10.4. The molecular weight excluding hydrogens is 354 g/mol. The number of allylic oxidation sites excluding steroid dienone is 1. The third kappa shape index (κ3) is 7.85. The molecule has 1 aliphatic rings. The average molecular weight is 388 g/mol. The van der Waals surface area contributed by atoms with Gasteiger partial charge in [0.1, 0.15) is 0 Å². The summed E-state index contributed by atoms with van der Waals surface area (Å²) in [5.74, 6) is -0.268. The fourth-order valence-electron chi connectivity index (χ4n) is 3.79. The zero-order valence-electron chi connectivity index (χ0n) is 16.6. The summed E-state index contributed by atoms with van der Waals surface area (Å²) in [6.45, 7) is 0.899. The zero-order chi connectivity index (χ0) is 20.2. The number of nitrogens with zero attached hydrogens (tertiary/aromatic N) is 1. The van der Waals surface area contributed by atoms with Gasteiger partial charge in [0.05, 0.1) is 6.04 Å². The molecule has 1 amide bonds. The van der Waals surface area contributed by atoms with Crippen molar-refractivity contribution in [1.29, 1.82) is 0 Å². The maximum atomic E-state index is 12.2. The third-order valence-electron chi connectivity index (χ3n) is 5.36. The molecule has 28 heavy (non-hydrogen) atoms. The number of aliphatic hydroxyl groups excluding tert-OH is 1. The highest BCUT2D eigenvalue weighted by Gasteiger charge is 2.28. The van der Waals surface area contributed by atoms with Crippen LogP contribution >= 0.6 is 0 Å². The SMILES string of the molecule is O=C(O)CCCCCCN1C(=O)CC[C@@H]1/C=C/C(CCO)Cc1ccccc1. The van der Waals surface area contributed by atoms with Crippen LogP contribution in [-0.2, 0) is 16.0 Å². The standard InChI is InChI=1S/C23H33NO4/c25-17-15-20(18-19-8-4-3-5-9-19)11-12-21-13-14-22(26)24(21)16-7-2-1-6-10-23(27)28/h3-5,8-9,11-12,20-21,25H,1-2,6-7,10,13-18H2,(H,27,28)/b12-11+/t20?,21-/m0/s1. The second-order valence-electron chi connectivity index (χ2n) is 7.60. The molecule has 1 fully saturated rings. The quantitative estimate of drug-likeness (QED) is 0.398. The first-order chi connectivity index (χ1) is 13.6. The van der Waals surface area contributed by atoms with Crippen LogP contribution in [0.3, 0.4) is 0 Å². The van der Waals surface area contributed by atoms with Crippen LogP contribution in [0.2, 0.25) is 0 Å². The number of carbonyl (C=O) groups is 2. The molecule has 1 saturated heterocycles. The number of benzene rings is 1. The Morgan fingerprint density at radius 2 is 1.93 bits per heavy atom. The number of carbonyl (C=O) groups excluding carboxylic acids is 1. The van der Waals surface area contributed by atoms with Crippen molar-refractivity contribution in [2.24, 2.45) is 5.92 Å². The van der Waals surface area contributed by atoms with E-state index in [4.69, 9.17) is 5.11 Å². The van der Waals surface area contributed by atoms with E-state index >= 15 is 0 Å². The van der Waals surface area contributed by atoms with E-state index in [1.165, 1.54) is 5.56 Å². The zero-order valence-corrected chi connectivity index (χ0v) is 16.6. The average Bonchev–Trinajstić information content (AvgIpc) is 3.03. The Morgan fingerprint density at radius 3 is 2.64 bits per heavy atom. The Bertz CT molecular complexity index is 629. The molecule has 1 aliphatic heterocycles. The molecule has 2 N–H and O–H groups in total. The molecule has 154 valence electrons. The van der Waals surface area contributed by atoms with Crippen LogP contribution in [0.5, 0.6) is 0 Å². The Labute approximate surface area is 168 Å². The number of rotatable bonds is 13. The Balaban J connectivity index is 1.83. The first-order valence-corrected chi connectivity index (χ1v) is 10.4. The molecule has 0 saturated carbocycles. The number of carboxylic acids is 1. The number of aliphatic hydroxyl groups is 1. The van der Waals surface area contributed by atoms with Crippen molar-refractivity contribution >= 4 is 11.9 Å². The number of amides is 1. The number of aliphatic carboxylic acids is 1. The van der Waals surface area contributed by atoms with Crippen LogP contribution in [0.4, 0.5) is 0 Å². The molecule has 1 unspecified atom stereocenters. The van der Waals surface area contributed by atoms with Gasteiger partial charge in [-0.1, -0.05) is 55.3 Å². The predicted molar refractivity (Wildman–Crippen MR) is 110 cm³/mol. The van der Waals surface area contributed by atoms with Gasteiger partial charge in [-0.05, 0) is 43.6 Å². The molecule has 0 spiro atoms. The van der Waals surface area contributed by atoms with Crippen LogP contribution < -0.4 is 0 Å². The van der Waals surface area contributed by atoms with Crippen LogP contribution in [0.25, 0.3) is 0 Å². The monoisotopic (exact) mass is 387 g/mol.